The Balaban J connectivity index is 2.86. The standard InChI is InChI=1S/C8H5NO4/c10-6-2-1-4(8(11)12)5-3-9-13-7(5)6/h1-3,10H,(H,11,12). The van der Waals surface area contributed by atoms with E-state index in [1.165, 1.54) is 18.3 Å². The van der Waals surface area contributed by atoms with Crippen molar-refractivity contribution in [3.8, 4) is 5.75 Å². The van der Waals surface area contributed by atoms with Crippen molar-refractivity contribution in [2.24, 2.45) is 0 Å². The molecule has 0 fully saturated rings. The summed E-state index contributed by atoms with van der Waals surface area (Å²) in [6.45, 7) is 0. The summed E-state index contributed by atoms with van der Waals surface area (Å²) in [5.74, 6) is -1.19. The second-order valence-corrected chi connectivity index (χ2v) is 2.51. The Morgan fingerprint density at radius 1 is 1.46 bits per heavy atom. The number of carbonyl (C=O) groups is 1. The van der Waals surface area contributed by atoms with Crippen molar-refractivity contribution < 1.29 is 19.5 Å². The molecular formula is C8H5NO4. The van der Waals surface area contributed by atoms with Crippen LogP contribution in [0.25, 0.3) is 11.0 Å². The average Bonchev–Trinajstić information content (AvgIpc) is 2.53. The number of benzene rings is 1. The van der Waals surface area contributed by atoms with Crippen LogP contribution in [0.3, 0.4) is 0 Å². The van der Waals surface area contributed by atoms with Gasteiger partial charge in [-0.3, -0.25) is 0 Å². The first-order chi connectivity index (χ1) is 6.20. The molecule has 0 amide bonds. The van der Waals surface area contributed by atoms with Gasteiger partial charge in [0.15, 0.2) is 5.75 Å². The Bertz CT molecular complexity index is 474. The Hall–Kier alpha value is -2.04. The highest BCUT2D eigenvalue weighted by Gasteiger charge is 2.13. The summed E-state index contributed by atoms with van der Waals surface area (Å²) >= 11 is 0. The molecule has 0 aliphatic heterocycles. The van der Waals surface area contributed by atoms with E-state index < -0.39 is 5.97 Å². The summed E-state index contributed by atoms with van der Waals surface area (Å²) in [7, 11) is 0. The van der Waals surface area contributed by atoms with E-state index in [1.54, 1.807) is 0 Å². The molecule has 66 valence electrons. The minimum atomic E-state index is -1.08. The molecule has 0 saturated carbocycles. The summed E-state index contributed by atoms with van der Waals surface area (Å²) in [4.78, 5) is 10.7. The third-order valence-corrected chi connectivity index (χ3v) is 1.73. The third kappa shape index (κ3) is 1.01. The lowest BCUT2D eigenvalue weighted by Crippen LogP contribution is -1.95. The fraction of sp³-hybridized carbons (Fsp3) is 0. The highest BCUT2D eigenvalue weighted by Crippen LogP contribution is 2.26. The highest BCUT2D eigenvalue weighted by molar-refractivity contribution is 6.03. The molecule has 5 heteroatoms. The molecule has 2 rings (SSSR count). The van der Waals surface area contributed by atoms with E-state index in [0.29, 0.717) is 5.39 Å². The van der Waals surface area contributed by atoms with E-state index in [9.17, 15) is 9.90 Å². The fourth-order valence-corrected chi connectivity index (χ4v) is 1.13. The van der Waals surface area contributed by atoms with Gasteiger partial charge < -0.3 is 14.7 Å². The van der Waals surface area contributed by atoms with E-state index >= 15 is 0 Å². The Morgan fingerprint density at radius 3 is 2.92 bits per heavy atom. The van der Waals surface area contributed by atoms with Crippen LogP contribution >= 0.6 is 0 Å². The lowest BCUT2D eigenvalue weighted by Gasteiger charge is -1.95. The number of aromatic hydroxyl groups is 1. The van der Waals surface area contributed by atoms with Crippen LogP contribution in [0.15, 0.2) is 22.9 Å². The van der Waals surface area contributed by atoms with Gasteiger partial charge in [0.05, 0.1) is 17.1 Å². The van der Waals surface area contributed by atoms with Crippen molar-refractivity contribution in [2.75, 3.05) is 0 Å². The predicted molar refractivity (Wildman–Crippen MR) is 42.6 cm³/mol. The van der Waals surface area contributed by atoms with Crippen molar-refractivity contribution in [1.29, 1.82) is 0 Å². The Kier molecular flexibility index (Phi) is 1.45. The third-order valence-electron chi connectivity index (χ3n) is 1.73. The van der Waals surface area contributed by atoms with Crippen LogP contribution in [0.1, 0.15) is 10.4 Å². The van der Waals surface area contributed by atoms with Crippen molar-refractivity contribution in [2.45, 2.75) is 0 Å². The molecule has 2 N–H and O–H groups in total. The monoisotopic (exact) mass is 179 g/mol. The number of carboxylic acids is 1. The number of rotatable bonds is 1. The first-order valence-corrected chi connectivity index (χ1v) is 3.50. The summed E-state index contributed by atoms with van der Waals surface area (Å²) < 4.78 is 4.68. The quantitative estimate of drug-likeness (QED) is 0.687. The smallest absolute Gasteiger partial charge is 0.336 e. The van der Waals surface area contributed by atoms with Crippen molar-refractivity contribution in [3.63, 3.8) is 0 Å². The number of phenolic OH excluding ortho intramolecular Hbond substituents is 1. The van der Waals surface area contributed by atoms with Crippen LogP contribution in [-0.2, 0) is 0 Å². The second-order valence-electron chi connectivity index (χ2n) is 2.51. The largest absolute Gasteiger partial charge is 0.504 e. The summed E-state index contributed by atoms with van der Waals surface area (Å²) in [5.41, 5.74) is 0.161. The van der Waals surface area contributed by atoms with E-state index in [0.717, 1.165) is 0 Å². The normalized spacial score (nSPS) is 10.5. The number of hydrogen-bond acceptors (Lipinski definition) is 4. The number of nitrogens with zero attached hydrogens (tertiary/aromatic N) is 1. The topological polar surface area (TPSA) is 83.6 Å². The zero-order valence-electron chi connectivity index (χ0n) is 6.39. The van der Waals surface area contributed by atoms with Gasteiger partial charge in [-0.1, -0.05) is 5.16 Å². The number of aromatic carboxylic acids is 1. The van der Waals surface area contributed by atoms with Gasteiger partial charge in [-0.05, 0) is 12.1 Å². The van der Waals surface area contributed by atoms with Gasteiger partial charge in [-0.2, -0.15) is 0 Å². The van der Waals surface area contributed by atoms with E-state index in [1.807, 2.05) is 0 Å². The van der Waals surface area contributed by atoms with Crippen LogP contribution in [0.4, 0.5) is 0 Å². The molecule has 2 aromatic rings. The number of carboxylic acid groups (broad SMARTS) is 1. The van der Waals surface area contributed by atoms with Gasteiger partial charge in [0.25, 0.3) is 0 Å². The van der Waals surface area contributed by atoms with Gasteiger partial charge in [0, 0.05) is 0 Å². The molecule has 1 aromatic heterocycles. The molecule has 0 atom stereocenters. The zero-order valence-corrected chi connectivity index (χ0v) is 6.39. The molecule has 1 heterocycles. The number of fused-ring (bicyclic) bond motifs is 1. The minimum absolute atomic E-state index is 0.0639. The van der Waals surface area contributed by atoms with Crippen LogP contribution in [0.5, 0.6) is 5.75 Å². The Morgan fingerprint density at radius 2 is 2.23 bits per heavy atom. The zero-order chi connectivity index (χ0) is 9.42. The molecule has 0 saturated heterocycles. The van der Waals surface area contributed by atoms with Crippen LogP contribution < -0.4 is 0 Å². The van der Waals surface area contributed by atoms with Crippen molar-refractivity contribution in [3.05, 3.63) is 23.9 Å². The molecule has 0 radical (unpaired) electrons. The molecule has 5 nitrogen and oxygen atoms in total. The number of hydrogen-bond donors (Lipinski definition) is 2. The molecule has 0 aliphatic rings. The van der Waals surface area contributed by atoms with Crippen molar-refractivity contribution in [1.82, 2.24) is 5.16 Å². The minimum Gasteiger partial charge on any atom is -0.504 e. The number of phenols is 1. The summed E-state index contributed by atoms with van der Waals surface area (Å²) in [6, 6.07) is 2.56. The maximum absolute atomic E-state index is 10.7. The second kappa shape index (κ2) is 2.48. The lowest BCUT2D eigenvalue weighted by molar-refractivity contribution is 0.0699. The van der Waals surface area contributed by atoms with Gasteiger partial charge >= 0.3 is 5.97 Å². The van der Waals surface area contributed by atoms with Crippen LogP contribution in [0, 0.1) is 0 Å². The molecule has 0 unspecified atom stereocenters. The molecule has 0 aliphatic carbocycles. The maximum atomic E-state index is 10.7. The van der Waals surface area contributed by atoms with Gasteiger partial charge in [0.1, 0.15) is 0 Å². The fourth-order valence-electron chi connectivity index (χ4n) is 1.13. The van der Waals surface area contributed by atoms with Crippen LogP contribution in [-0.4, -0.2) is 21.3 Å². The summed E-state index contributed by atoms with van der Waals surface area (Å²) in [5, 5.41) is 21.7. The first-order valence-electron chi connectivity index (χ1n) is 3.50. The molecule has 0 bridgehead atoms. The highest BCUT2D eigenvalue weighted by atomic mass is 16.5. The van der Waals surface area contributed by atoms with Crippen LogP contribution in [0.2, 0.25) is 0 Å². The van der Waals surface area contributed by atoms with E-state index in [-0.39, 0.29) is 16.9 Å². The first kappa shape index (κ1) is 7.60. The van der Waals surface area contributed by atoms with Gasteiger partial charge in [0.2, 0.25) is 5.58 Å². The number of aromatic nitrogens is 1. The average molecular weight is 179 g/mol. The lowest BCUT2D eigenvalue weighted by atomic mass is 10.1. The molecule has 0 spiro atoms. The molecule has 1 aromatic carbocycles. The summed E-state index contributed by atoms with van der Waals surface area (Å²) in [6.07, 6.45) is 1.26. The van der Waals surface area contributed by atoms with Crippen molar-refractivity contribution >= 4 is 16.9 Å². The van der Waals surface area contributed by atoms with E-state index in [4.69, 9.17) is 5.11 Å². The SMILES string of the molecule is O=C(O)c1ccc(O)c2oncc12. The molecule has 13 heavy (non-hydrogen) atoms. The predicted octanol–water partition coefficient (Wildman–Crippen LogP) is 1.23. The van der Waals surface area contributed by atoms with E-state index in [2.05, 4.69) is 9.68 Å². The van der Waals surface area contributed by atoms with Gasteiger partial charge in [-0.25, -0.2) is 4.79 Å². The Labute approximate surface area is 72.2 Å². The van der Waals surface area contributed by atoms with Gasteiger partial charge in [-0.15, -0.1) is 0 Å². The maximum Gasteiger partial charge on any atom is 0.336 e. The molecular weight excluding hydrogens is 174 g/mol.